The van der Waals surface area contributed by atoms with Crippen LogP contribution in [0.25, 0.3) is 5.78 Å². The third kappa shape index (κ3) is 3.83. The zero-order valence-electron chi connectivity index (χ0n) is 15.9. The predicted molar refractivity (Wildman–Crippen MR) is 95.3 cm³/mol. The molecule has 2 aromatic rings. The highest BCUT2D eigenvalue weighted by atomic mass is 16.6. The molecule has 0 atom stereocenters. The lowest BCUT2D eigenvalue weighted by molar-refractivity contribution is -0.163. The highest BCUT2D eigenvalue weighted by Crippen LogP contribution is 2.41. The number of hydrogen-bond donors (Lipinski definition) is 0. The van der Waals surface area contributed by atoms with Gasteiger partial charge in [-0.2, -0.15) is 10.1 Å². The Morgan fingerprint density at radius 1 is 1.20 bits per heavy atom. The second kappa shape index (κ2) is 6.39. The van der Waals surface area contributed by atoms with Crippen LogP contribution in [0.4, 0.5) is 0 Å². The number of ether oxygens (including phenoxy) is 1. The Labute approximate surface area is 149 Å². The summed E-state index contributed by atoms with van der Waals surface area (Å²) < 4.78 is 7.57. The van der Waals surface area contributed by atoms with Crippen molar-refractivity contribution >= 4 is 11.7 Å². The van der Waals surface area contributed by atoms with Crippen molar-refractivity contribution in [1.29, 1.82) is 0 Å². The van der Waals surface area contributed by atoms with Gasteiger partial charge in [-0.1, -0.05) is 13.8 Å². The number of carbonyl (C=O) groups excluding carboxylic acids is 1. The highest BCUT2D eigenvalue weighted by Gasteiger charge is 2.37. The lowest BCUT2D eigenvalue weighted by atomic mass is 9.71. The van der Waals surface area contributed by atoms with Crippen LogP contribution in [0.5, 0.6) is 0 Å². The zero-order chi connectivity index (χ0) is 18.2. The fourth-order valence-electron chi connectivity index (χ4n) is 3.63. The largest absolute Gasteiger partial charge is 0.459 e. The van der Waals surface area contributed by atoms with Crippen LogP contribution in [-0.2, 0) is 16.0 Å². The van der Waals surface area contributed by atoms with Crippen molar-refractivity contribution in [3.05, 3.63) is 23.3 Å². The first-order valence-electron chi connectivity index (χ1n) is 9.07. The molecule has 0 bridgehead atoms. The van der Waals surface area contributed by atoms with E-state index in [2.05, 4.69) is 35.8 Å². The SMILES string of the molecule is Cc1nc2ncnn2c(C)c1CCC(=O)OC1(C)CCC(C)(C)CC1. The fraction of sp³-hybridized carbons (Fsp3) is 0.684. The lowest BCUT2D eigenvalue weighted by Crippen LogP contribution is -2.38. The van der Waals surface area contributed by atoms with Crippen LogP contribution in [0, 0.1) is 19.3 Å². The van der Waals surface area contributed by atoms with Gasteiger partial charge in [-0.3, -0.25) is 4.79 Å². The molecule has 6 nitrogen and oxygen atoms in total. The van der Waals surface area contributed by atoms with Crippen LogP contribution in [0.1, 0.15) is 69.8 Å². The van der Waals surface area contributed by atoms with E-state index < -0.39 is 0 Å². The normalized spacial score (nSPS) is 19.1. The molecule has 0 spiro atoms. The maximum Gasteiger partial charge on any atom is 0.306 e. The summed E-state index contributed by atoms with van der Waals surface area (Å²) in [7, 11) is 0. The fourth-order valence-corrected chi connectivity index (χ4v) is 3.63. The van der Waals surface area contributed by atoms with E-state index in [1.807, 2.05) is 13.8 Å². The van der Waals surface area contributed by atoms with Crippen LogP contribution >= 0.6 is 0 Å². The second-order valence-corrected chi connectivity index (χ2v) is 8.32. The van der Waals surface area contributed by atoms with E-state index in [9.17, 15) is 4.79 Å². The molecular formula is C19H28N4O2. The third-order valence-corrected chi connectivity index (χ3v) is 5.59. The summed E-state index contributed by atoms with van der Waals surface area (Å²) in [6, 6.07) is 0. The topological polar surface area (TPSA) is 69.4 Å². The first-order chi connectivity index (χ1) is 11.7. The van der Waals surface area contributed by atoms with Gasteiger partial charge in [0.05, 0.1) is 0 Å². The van der Waals surface area contributed by atoms with Crippen LogP contribution in [-0.4, -0.2) is 31.2 Å². The molecule has 6 heteroatoms. The van der Waals surface area contributed by atoms with Crippen LogP contribution in [0.15, 0.2) is 6.33 Å². The highest BCUT2D eigenvalue weighted by molar-refractivity contribution is 5.70. The lowest BCUT2D eigenvalue weighted by Gasteiger charge is -2.40. The molecular weight excluding hydrogens is 316 g/mol. The number of carbonyl (C=O) groups is 1. The molecule has 2 aromatic heterocycles. The zero-order valence-corrected chi connectivity index (χ0v) is 15.9. The summed E-state index contributed by atoms with van der Waals surface area (Å²) in [5.74, 6) is 0.471. The van der Waals surface area contributed by atoms with Crippen molar-refractivity contribution in [2.24, 2.45) is 5.41 Å². The number of hydrogen-bond acceptors (Lipinski definition) is 5. The van der Waals surface area contributed by atoms with Crippen LogP contribution < -0.4 is 0 Å². The Kier molecular flexibility index (Phi) is 4.56. The second-order valence-electron chi connectivity index (χ2n) is 8.32. The monoisotopic (exact) mass is 344 g/mol. The summed E-state index contributed by atoms with van der Waals surface area (Å²) in [5.41, 5.74) is 2.98. The van der Waals surface area contributed by atoms with Gasteiger partial charge < -0.3 is 4.74 Å². The van der Waals surface area contributed by atoms with Crippen molar-refractivity contribution < 1.29 is 9.53 Å². The quantitative estimate of drug-likeness (QED) is 0.793. The van der Waals surface area contributed by atoms with Gasteiger partial charge in [0.15, 0.2) is 0 Å². The first-order valence-corrected chi connectivity index (χ1v) is 9.07. The minimum atomic E-state index is -0.315. The van der Waals surface area contributed by atoms with E-state index in [0.717, 1.165) is 42.6 Å². The summed E-state index contributed by atoms with van der Waals surface area (Å²) >= 11 is 0. The summed E-state index contributed by atoms with van der Waals surface area (Å²) in [4.78, 5) is 21.0. The minimum absolute atomic E-state index is 0.125. The molecule has 136 valence electrons. The van der Waals surface area contributed by atoms with E-state index in [4.69, 9.17) is 4.74 Å². The molecule has 0 amide bonds. The van der Waals surface area contributed by atoms with Gasteiger partial charge in [-0.05, 0) is 63.9 Å². The summed E-state index contributed by atoms with van der Waals surface area (Å²) in [6.07, 6.45) is 6.55. The molecule has 0 aliphatic heterocycles. The van der Waals surface area contributed by atoms with Gasteiger partial charge >= 0.3 is 5.97 Å². The smallest absolute Gasteiger partial charge is 0.306 e. The van der Waals surface area contributed by atoms with E-state index in [1.165, 1.54) is 6.33 Å². The molecule has 1 aliphatic rings. The molecule has 3 rings (SSSR count). The molecule has 1 aliphatic carbocycles. The maximum atomic E-state index is 12.4. The van der Waals surface area contributed by atoms with Gasteiger partial charge in [0.2, 0.25) is 0 Å². The van der Waals surface area contributed by atoms with E-state index in [0.29, 0.717) is 24.0 Å². The van der Waals surface area contributed by atoms with Crippen LogP contribution in [0.2, 0.25) is 0 Å². The Morgan fingerprint density at radius 2 is 1.88 bits per heavy atom. The van der Waals surface area contributed by atoms with Crippen molar-refractivity contribution in [1.82, 2.24) is 19.6 Å². The van der Waals surface area contributed by atoms with Crippen molar-refractivity contribution in [2.45, 2.75) is 78.7 Å². The van der Waals surface area contributed by atoms with Crippen molar-refractivity contribution in [3.63, 3.8) is 0 Å². The van der Waals surface area contributed by atoms with Gasteiger partial charge in [-0.15, -0.1) is 0 Å². The average Bonchev–Trinajstić information content (AvgIpc) is 2.99. The molecule has 0 aromatic carbocycles. The number of nitrogens with zero attached hydrogens (tertiary/aromatic N) is 4. The number of esters is 1. The Bertz CT molecular complexity index is 784. The molecule has 25 heavy (non-hydrogen) atoms. The van der Waals surface area contributed by atoms with E-state index in [-0.39, 0.29) is 11.6 Å². The standard InChI is InChI=1S/C19H28N4O2/c1-13-15(14(2)23-17(22-13)20-12-21-23)6-7-16(24)25-19(5)10-8-18(3,4)9-11-19/h12H,6-11H2,1-5H3. The van der Waals surface area contributed by atoms with Gasteiger partial charge in [-0.25, -0.2) is 9.50 Å². The van der Waals surface area contributed by atoms with Crippen molar-refractivity contribution in [3.8, 4) is 0 Å². The maximum absolute atomic E-state index is 12.4. The average molecular weight is 344 g/mol. The molecule has 2 heterocycles. The molecule has 1 saturated carbocycles. The van der Waals surface area contributed by atoms with Gasteiger partial charge in [0, 0.05) is 17.8 Å². The summed E-state index contributed by atoms with van der Waals surface area (Å²) in [5, 5.41) is 4.19. The van der Waals surface area contributed by atoms with Gasteiger partial charge in [0.1, 0.15) is 11.9 Å². The minimum Gasteiger partial charge on any atom is -0.459 e. The summed E-state index contributed by atoms with van der Waals surface area (Å²) in [6.45, 7) is 10.6. The number of fused-ring (bicyclic) bond motifs is 1. The Hall–Kier alpha value is -1.98. The van der Waals surface area contributed by atoms with E-state index in [1.54, 1.807) is 4.52 Å². The van der Waals surface area contributed by atoms with Gasteiger partial charge in [0.25, 0.3) is 5.78 Å². The van der Waals surface area contributed by atoms with Crippen molar-refractivity contribution in [2.75, 3.05) is 0 Å². The van der Waals surface area contributed by atoms with E-state index >= 15 is 0 Å². The number of aromatic nitrogens is 4. The molecule has 0 saturated heterocycles. The number of rotatable bonds is 4. The number of aryl methyl sites for hydroxylation is 2. The first kappa shape index (κ1) is 17.8. The predicted octanol–water partition coefficient (Wildman–Crippen LogP) is 3.58. The third-order valence-electron chi connectivity index (χ3n) is 5.59. The van der Waals surface area contributed by atoms with Crippen LogP contribution in [0.3, 0.4) is 0 Å². The molecule has 1 fully saturated rings. The molecule has 0 unspecified atom stereocenters. The Morgan fingerprint density at radius 3 is 2.56 bits per heavy atom. The Balaban J connectivity index is 1.63. The molecule has 0 radical (unpaired) electrons. The molecule has 0 N–H and O–H groups in total.